The van der Waals surface area contributed by atoms with Gasteiger partial charge in [-0.2, -0.15) is 0 Å². The van der Waals surface area contributed by atoms with Gasteiger partial charge in [-0.1, -0.05) is 25.5 Å². The molecule has 6 N–H and O–H groups in total. The Morgan fingerprint density at radius 2 is 1.87 bits per heavy atom. The highest BCUT2D eigenvalue weighted by molar-refractivity contribution is 6.31. The minimum Gasteiger partial charge on any atom is -0.507 e. The molecule has 5 unspecified atom stereocenters. The Balaban J connectivity index is 1.55. The Labute approximate surface area is 266 Å². The molecule has 0 spiro atoms. The monoisotopic (exact) mass is 643 g/mol. The number of phenolic OH excluding ortho intramolecular Hbond substituents is 2. The average molecular weight is 644 g/mol. The number of rotatable bonds is 11. The maximum Gasteiger partial charge on any atom is 0.202 e. The molecule has 46 heavy (non-hydrogen) atoms. The molecule has 0 bridgehead atoms. The van der Waals surface area contributed by atoms with Crippen molar-refractivity contribution >= 4 is 17.3 Å². The fraction of sp³-hybridized carbons (Fsp3) is 0.545. The first-order valence-corrected chi connectivity index (χ1v) is 15.5. The first-order chi connectivity index (χ1) is 21.9. The van der Waals surface area contributed by atoms with Gasteiger partial charge in [-0.3, -0.25) is 19.7 Å². The fourth-order valence-electron chi connectivity index (χ4n) is 6.64. The fourth-order valence-corrected chi connectivity index (χ4v) is 6.64. The molecule has 1 aliphatic heterocycles. The van der Waals surface area contributed by atoms with Crippen molar-refractivity contribution in [2.45, 2.75) is 95.3 Å². The topological polar surface area (TPSA) is 201 Å². The van der Waals surface area contributed by atoms with Crippen molar-refractivity contribution in [1.82, 2.24) is 5.32 Å². The van der Waals surface area contributed by atoms with Gasteiger partial charge in [0.25, 0.3) is 0 Å². The van der Waals surface area contributed by atoms with Gasteiger partial charge < -0.3 is 44.5 Å². The highest BCUT2D eigenvalue weighted by atomic mass is 16.7. The lowest BCUT2D eigenvalue weighted by Gasteiger charge is -2.43. The number of fused-ring (bicyclic) bond motifs is 3. The van der Waals surface area contributed by atoms with E-state index in [1.807, 2.05) is 13.8 Å². The molecule has 3 aliphatic rings. The smallest absolute Gasteiger partial charge is 0.202 e. The van der Waals surface area contributed by atoms with Crippen molar-refractivity contribution < 1.29 is 58.9 Å². The summed E-state index contributed by atoms with van der Waals surface area (Å²) in [4.78, 5) is 40.3. The second kappa shape index (κ2) is 13.4. The number of carbonyl (C=O) groups excluding carboxylic acids is 3. The van der Waals surface area contributed by atoms with Crippen molar-refractivity contribution in [1.29, 1.82) is 0 Å². The van der Waals surface area contributed by atoms with E-state index in [9.17, 15) is 39.9 Å². The van der Waals surface area contributed by atoms with Crippen molar-refractivity contribution in [3.63, 3.8) is 0 Å². The van der Waals surface area contributed by atoms with E-state index in [1.54, 1.807) is 6.92 Å². The molecule has 0 amide bonds. The molecule has 1 saturated heterocycles. The highest BCUT2D eigenvalue weighted by Crippen LogP contribution is 2.52. The molecule has 2 aromatic carbocycles. The van der Waals surface area contributed by atoms with Gasteiger partial charge in [0, 0.05) is 48.6 Å². The van der Waals surface area contributed by atoms with Crippen molar-refractivity contribution in [2.75, 3.05) is 20.3 Å². The van der Waals surface area contributed by atoms with Crippen LogP contribution in [0.3, 0.4) is 0 Å². The van der Waals surface area contributed by atoms with Crippen LogP contribution in [0.1, 0.15) is 95.5 Å². The SMILES string of the molecule is CCCCOC(C)NC1CC(O[C@H]2C[C@](O)(C(=O)CO)Cc3c(O)c4c(c(O)c32)C(=O)c2c(OC)cccc2C4=O)OC(C)C1O. The molecule has 0 radical (unpaired) electrons. The Morgan fingerprint density at radius 3 is 2.54 bits per heavy atom. The number of ether oxygens (including phenoxy) is 4. The minimum absolute atomic E-state index is 0.0496. The van der Waals surface area contributed by atoms with E-state index < -0.39 is 102 Å². The van der Waals surface area contributed by atoms with Gasteiger partial charge >= 0.3 is 0 Å². The van der Waals surface area contributed by atoms with E-state index in [0.717, 1.165) is 12.8 Å². The number of nitrogens with one attached hydrogen (secondary N) is 1. The summed E-state index contributed by atoms with van der Waals surface area (Å²) in [6.07, 6.45) is -3.61. The van der Waals surface area contributed by atoms with Gasteiger partial charge in [-0.25, -0.2) is 0 Å². The highest BCUT2D eigenvalue weighted by Gasteiger charge is 2.50. The number of Topliss-reactive ketones (excluding diaryl/α,β-unsaturated/α-hetero) is 1. The number of unbranched alkanes of at least 4 members (excludes halogenated alkanes) is 1. The zero-order chi connectivity index (χ0) is 33.5. The third kappa shape index (κ3) is 5.92. The molecule has 1 heterocycles. The van der Waals surface area contributed by atoms with E-state index >= 15 is 0 Å². The lowest BCUT2D eigenvalue weighted by molar-refractivity contribution is -0.251. The van der Waals surface area contributed by atoms with Crippen LogP contribution in [-0.2, 0) is 25.4 Å². The van der Waals surface area contributed by atoms with Crippen LogP contribution < -0.4 is 10.1 Å². The summed E-state index contributed by atoms with van der Waals surface area (Å²) in [6, 6.07) is 3.84. The van der Waals surface area contributed by atoms with Crippen LogP contribution in [0, 0.1) is 0 Å². The molecule has 250 valence electrons. The maximum absolute atomic E-state index is 13.8. The standard InChI is InChI=1S/C33H41NO12/c1-5-6-10-44-16(3)34-19-11-23(45-15(2)28(19)37)46-21-13-33(42,22(36)14-35)12-18-25(21)32(41)27-26(30(18)39)29(38)17-8-7-9-20(43-4)24(17)31(27)40/h7-9,15-16,19,21,23,28,34-35,37,39,41-42H,5-6,10-14H2,1-4H3/t15?,16?,19?,21-,23?,28?,33-/m0/s1. The predicted octanol–water partition coefficient (Wildman–Crippen LogP) is 1.79. The van der Waals surface area contributed by atoms with Crippen LogP contribution in [0.4, 0.5) is 0 Å². The number of aliphatic hydroxyl groups excluding tert-OH is 2. The lowest BCUT2D eigenvalue weighted by atomic mass is 9.72. The largest absolute Gasteiger partial charge is 0.507 e. The van der Waals surface area contributed by atoms with Crippen LogP contribution in [0.5, 0.6) is 17.2 Å². The van der Waals surface area contributed by atoms with E-state index in [4.69, 9.17) is 18.9 Å². The molecule has 0 aromatic heterocycles. The molecule has 7 atom stereocenters. The second-order valence-electron chi connectivity index (χ2n) is 12.1. The number of phenols is 2. The Hall–Kier alpha value is -3.43. The second-order valence-corrected chi connectivity index (χ2v) is 12.1. The summed E-state index contributed by atoms with van der Waals surface area (Å²) in [7, 11) is 1.33. The van der Waals surface area contributed by atoms with Crippen molar-refractivity contribution in [3.05, 3.63) is 51.6 Å². The number of hydrogen-bond donors (Lipinski definition) is 6. The van der Waals surface area contributed by atoms with Crippen LogP contribution >= 0.6 is 0 Å². The average Bonchev–Trinajstić information content (AvgIpc) is 3.02. The lowest BCUT2D eigenvalue weighted by Crippen LogP contribution is -2.56. The Morgan fingerprint density at radius 1 is 1.15 bits per heavy atom. The summed E-state index contributed by atoms with van der Waals surface area (Å²) in [5, 5.41) is 58.4. The first kappa shape index (κ1) is 33.9. The summed E-state index contributed by atoms with van der Waals surface area (Å²) < 4.78 is 23.3. The van der Waals surface area contributed by atoms with Crippen molar-refractivity contribution in [2.24, 2.45) is 0 Å². The van der Waals surface area contributed by atoms with Gasteiger partial charge in [-0.15, -0.1) is 0 Å². The van der Waals surface area contributed by atoms with Gasteiger partial charge in [0.2, 0.25) is 5.78 Å². The minimum atomic E-state index is -2.26. The summed E-state index contributed by atoms with van der Waals surface area (Å²) in [6.45, 7) is 5.01. The van der Waals surface area contributed by atoms with Gasteiger partial charge in [0.15, 0.2) is 17.9 Å². The van der Waals surface area contributed by atoms with E-state index in [1.165, 1.54) is 25.3 Å². The summed E-state index contributed by atoms with van der Waals surface area (Å²) in [5.41, 5.74) is -3.61. The number of hydrogen-bond acceptors (Lipinski definition) is 13. The number of aromatic hydroxyl groups is 2. The zero-order valence-electron chi connectivity index (χ0n) is 26.2. The predicted molar refractivity (Wildman–Crippen MR) is 161 cm³/mol. The molecule has 2 aromatic rings. The van der Waals surface area contributed by atoms with Gasteiger partial charge in [0.1, 0.15) is 35.7 Å². The van der Waals surface area contributed by atoms with E-state index in [2.05, 4.69) is 5.32 Å². The van der Waals surface area contributed by atoms with Gasteiger partial charge in [-0.05, 0) is 26.3 Å². The van der Waals surface area contributed by atoms with E-state index in [-0.39, 0.29) is 34.4 Å². The molecule has 13 heteroatoms. The van der Waals surface area contributed by atoms with Crippen molar-refractivity contribution in [3.8, 4) is 17.2 Å². The van der Waals surface area contributed by atoms with Crippen LogP contribution in [0.2, 0.25) is 0 Å². The first-order valence-electron chi connectivity index (χ1n) is 15.5. The molecule has 0 saturated carbocycles. The third-order valence-corrected chi connectivity index (χ3v) is 9.08. The maximum atomic E-state index is 13.8. The number of carbonyl (C=O) groups is 3. The molecule has 13 nitrogen and oxygen atoms in total. The van der Waals surface area contributed by atoms with Crippen LogP contribution in [-0.4, -0.2) is 99.6 Å². The van der Waals surface area contributed by atoms with E-state index in [0.29, 0.717) is 6.61 Å². The third-order valence-electron chi connectivity index (χ3n) is 9.08. The van der Waals surface area contributed by atoms with Crippen LogP contribution in [0.15, 0.2) is 18.2 Å². The molecular formula is C33H41NO12. The molecular weight excluding hydrogens is 602 g/mol. The molecule has 2 aliphatic carbocycles. The van der Waals surface area contributed by atoms with Gasteiger partial charge in [0.05, 0.1) is 42.1 Å². The Kier molecular flexibility index (Phi) is 9.85. The normalized spacial score (nSPS) is 27.8. The molecule has 1 fully saturated rings. The summed E-state index contributed by atoms with van der Waals surface area (Å²) in [5.74, 6) is -3.75. The quantitative estimate of drug-likeness (QED) is 0.100. The zero-order valence-corrected chi connectivity index (χ0v) is 26.2. The number of methoxy groups -OCH3 is 1. The number of aliphatic hydroxyl groups is 3. The number of benzene rings is 2. The summed E-state index contributed by atoms with van der Waals surface area (Å²) >= 11 is 0. The molecule has 5 rings (SSSR count). The number of ketones is 3. The Bertz CT molecular complexity index is 1520. The van der Waals surface area contributed by atoms with Crippen LogP contribution in [0.25, 0.3) is 0 Å².